The first-order valence-corrected chi connectivity index (χ1v) is 19.1. The number of hydrogen-bond acceptors (Lipinski definition) is 23. The number of aromatic hydroxyl groups is 1. The van der Waals surface area contributed by atoms with E-state index < -0.39 is 28.8 Å². The Morgan fingerprint density at radius 1 is 0.685 bits per heavy atom. The summed E-state index contributed by atoms with van der Waals surface area (Å²) in [7, 11) is 0. The number of nitrogens with two attached hydrogens (primary N) is 2. The van der Waals surface area contributed by atoms with Gasteiger partial charge >= 0.3 is 224 Å². The van der Waals surface area contributed by atoms with Crippen LogP contribution in [0.15, 0.2) is 69.2 Å². The van der Waals surface area contributed by atoms with Crippen LogP contribution in [-0.4, -0.2) is 83.4 Å². The minimum absolute atomic E-state index is 0. The van der Waals surface area contributed by atoms with Gasteiger partial charge in [-0.05, 0) is 11.4 Å². The summed E-state index contributed by atoms with van der Waals surface area (Å²) in [5, 5.41) is 78.8. The summed E-state index contributed by atoms with van der Waals surface area (Å²) in [6.07, 6.45) is 2.96. The summed E-state index contributed by atoms with van der Waals surface area (Å²) in [4.78, 5) is 71.6. The molecule has 0 bridgehead atoms. The molecule has 0 atom stereocenters. The summed E-state index contributed by atoms with van der Waals surface area (Å²) in [6, 6.07) is 14.5. The molecule has 2 aromatic carbocycles. The monoisotopic (exact) mass is 1090 g/mol. The number of nitriles is 1. The predicted octanol–water partition coefficient (Wildman–Crippen LogP) is -9.49. The van der Waals surface area contributed by atoms with Crippen LogP contribution in [0.4, 0.5) is 40.3 Å². The molecule has 32 heteroatoms. The van der Waals surface area contributed by atoms with Gasteiger partial charge in [-0.15, -0.1) is 43.7 Å². The van der Waals surface area contributed by atoms with E-state index in [1.165, 1.54) is 58.2 Å². The summed E-state index contributed by atoms with van der Waals surface area (Å²) in [5.41, 5.74) is 12.5. The fourth-order valence-corrected chi connectivity index (χ4v) is 5.89. The van der Waals surface area contributed by atoms with Crippen molar-refractivity contribution in [3.8, 4) is 35.4 Å². The van der Waals surface area contributed by atoms with Crippen LogP contribution < -0.4 is 227 Å². The molecule has 0 radical (unpaired) electrons. The Bertz CT molecular complexity index is 3150. The maximum Gasteiger partial charge on any atom is 1.00 e. The Labute approximate surface area is 583 Å². The molecule has 0 aliphatic heterocycles. The zero-order chi connectivity index (χ0) is 51.0. The minimum Gasteiger partial charge on any atom is -0.559 e. The number of carboxylic acid groups (broad SMARTS) is 2. The molecule has 5 N–H and O–H groups in total. The van der Waals surface area contributed by atoms with Gasteiger partial charge in [0.1, 0.15) is 11.6 Å². The number of benzene rings is 2. The minimum atomic E-state index is -1.45. The number of aromatic carboxylic acids is 2. The Hall–Kier alpha value is -3.88. The molecule has 0 aliphatic carbocycles. The predicted molar refractivity (Wildman–Crippen MR) is 225 cm³/mol. The second-order valence-electron chi connectivity index (χ2n) is 15.6. The van der Waals surface area contributed by atoms with E-state index in [2.05, 4.69) is 72.8 Å². The van der Waals surface area contributed by atoms with Gasteiger partial charge in [0.05, 0.1) is 30.4 Å². The molecule has 0 aliphatic rings. The van der Waals surface area contributed by atoms with E-state index in [0.717, 1.165) is 9.36 Å². The molecule has 0 saturated carbocycles. The Morgan fingerprint density at radius 3 is 1.47 bits per heavy atom. The third kappa shape index (κ3) is 16.1. The van der Waals surface area contributed by atoms with Crippen LogP contribution in [0.1, 0.15) is 79.2 Å². The average Bonchev–Trinajstić information content (AvgIpc) is 4.07. The van der Waals surface area contributed by atoms with E-state index in [-0.39, 0.29) is 298 Å². The van der Waals surface area contributed by atoms with Gasteiger partial charge in [-0.25, -0.2) is 4.85 Å². The average molecular weight is 1090 g/mol. The maximum absolute atomic E-state index is 11.5. The first kappa shape index (κ1) is 67.1. The molecule has 0 amide bonds. The number of anilines is 2. The molecule has 0 unspecified atom stereocenters. The van der Waals surface area contributed by atoms with Gasteiger partial charge in [-0.2, -0.15) is 106 Å². The molecule has 7 aromatic rings. The normalized spacial score (nSPS) is 10.5. The summed E-state index contributed by atoms with van der Waals surface area (Å²) in [6.45, 7) is 18.6. The van der Waals surface area contributed by atoms with Crippen molar-refractivity contribution in [2.24, 2.45) is 20.5 Å². The van der Waals surface area contributed by atoms with E-state index in [1.807, 2.05) is 47.6 Å². The number of rotatable bonds is 10. The third-order valence-corrected chi connectivity index (χ3v) is 8.90. The number of carbonyl (C=O) groups is 2. The molecule has 28 nitrogen and oxygen atoms in total. The number of azo groups is 2. The molecular formula is C41H31K4N19O9. The van der Waals surface area contributed by atoms with Gasteiger partial charge in [-0.1, -0.05) is 41.5 Å². The number of nitrogens with zero attached hydrogens (tertiary/aromatic N) is 17. The van der Waals surface area contributed by atoms with Crippen molar-refractivity contribution in [3.63, 3.8) is 0 Å². The second kappa shape index (κ2) is 29.4. The second-order valence-corrected chi connectivity index (χ2v) is 15.6. The van der Waals surface area contributed by atoms with Crippen molar-refractivity contribution in [2.75, 3.05) is 11.5 Å². The molecule has 5 aromatic heterocycles. The van der Waals surface area contributed by atoms with Crippen molar-refractivity contribution < 1.29 is 250 Å². The third-order valence-electron chi connectivity index (χ3n) is 8.90. The van der Waals surface area contributed by atoms with Crippen LogP contribution in [0, 0.1) is 30.0 Å². The topological polar surface area (TPSA) is 408 Å². The molecule has 5 heterocycles. The van der Waals surface area contributed by atoms with Gasteiger partial charge in [0, 0.05) is 22.8 Å². The zero-order valence-corrected chi connectivity index (χ0v) is 53.1. The fraction of sp³-hybridized carbons (Fsp3) is 0.195. The number of hydrogen-bond donors (Lipinski definition) is 3. The standard InChI is InChI=1S/C39H33N19O5.2CO2.4K/c1-38(2,3)27-25(49-51-31-21(16-40)17-44-55(31)22-12-8-10-19(14-22)33(59)60)29(41)57(53-27)35-46-36(48-37(63)47-35)58-30(42)26(28(54-58)39(4,5)6)50-52-32-24(43-7)18-45-56(32)23-13-9-11-20(15-23)34(61)62;2*2-1-3;;;;/h10-15,17-18H,41-42H2,1-6H3,(H,59,60)(H,61,62)(H,46,47,48,63);;;;;;/q-2;;;4*+1/p-2. The van der Waals surface area contributed by atoms with E-state index in [4.69, 9.17) is 37.2 Å². The SMILES string of the molecule is O=C=O.O=C=O.[C-]#[N+]c1cnn(-c2c[c-]cc(C(=O)[O-])c2)c1N=Nc1c(C(C)(C)C)nn(-c2nc(O)nc(-n3nc(C(C)(C)C)c(N=Nc4c(C#N)cnn4-c4c[c-]cc(C(=O)[O-])c4)c3N)n2)c1N.[K+].[K+].[K+].[K+]. The maximum atomic E-state index is 11.5. The van der Waals surface area contributed by atoms with Crippen molar-refractivity contribution in [1.82, 2.24) is 54.1 Å². The fourth-order valence-electron chi connectivity index (χ4n) is 5.89. The van der Waals surface area contributed by atoms with Crippen LogP contribution in [0.5, 0.6) is 6.01 Å². The molecule has 7 rings (SSSR count). The molecule has 0 spiro atoms. The van der Waals surface area contributed by atoms with Gasteiger partial charge in [-0.3, -0.25) is 9.36 Å². The van der Waals surface area contributed by atoms with Crippen molar-refractivity contribution in [3.05, 3.63) is 100 Å². The van der Waals surface area contributed by atoms with E-state index in [0.29, 0.717) is 11.4 Å². The Morgan fingerprint density at radius 2 is 1.08 bits per heavy atom. The largest absolute Gasteiger partial charge is 1.00 e. The van der Waals surface area contributed by atoms with E-state index in [1.54, 1.807) is 0 Å². The molecule has 348 valence electrons. The quantitative estimate of drug-likeness (QED) is 0.0650. The van der Waals surface area contributed by atoms with E-state index in [9.17, 15) is 30.2 Å². The zero-order valence-electron chi connectivity index (χ0n) is 40.6. The number of aromatic nitrogens is 11. The van der Waals surface area contributed by atoms with Crippen molar-refractivity contribution in [1.29, 1.82) is 5.26 Å². The smallest absolute Gasteiger partial charge is 0.559 e. The first-order valence-electron chi connectivity index (χ1n) is 19.1. The van der Waals surface area contributed by atoms with Crippen molar-refractivity contribution >= 4 is 64.6 Å². The summed E-state index contributed by atoms with van der Waals surface area (Å²) < 4.78 is 4.58. The Balaban J connectivity index is 0.00000254. The van der Waals surface area contributed by atoms with Crippen LogP contribution in [0.25, 0.3) is 28.1 Å². The van der Waals surface area contributed by atoms with Gasteiger partial charge in [0.25, 0.3) is 17.6 Å². The van der Waals surface area contributed by atoms with E-state index >= 15 is 0 Å². The van der Waals surface area contributed by atoms with Crippen molar-refractivity contribution in [2.45, 2.75) is 52.4 Å². The van der Waals surface area contributed by atoms with Gasteiger partial charge in [0.15, 0.2) is 34.6 Å². The van der Waals surface area contributed by atoms with Gasteiger partial charge < -0.3 is 36.4 Å². The Kier molecular flexibility index (Phi) is 27.1. The van der Waals surface area contributed by atoms with Crippen LogP contribution in [0.2, 0.25) is 0 Å². The van der Waals surface area contributed by atoms with Gasteiger partial charge in [0.2, 0.25) is 0 Å². The molecule has 73 heavy (non-hydrogen) atoms. The van der Waals surface area contributed by atoms with Crippen LogP contribution in [-0.2, 0) is 30.0 Å². The number of carbonyl (C=O) groups excluding carboxylic acids is 6. The molecule has 0 fully saturated rings. The molecule has 0 saturated heterocycles. The summed E-state index contributed by atoms with van der Waals surface area (Å²) >= 11 is 0. The number of nitrogen functional groups attached to an aromatic ring is 2. The van der Waals surface area contributed by atoms with Crippen LogP contribution in [0.3, 0.4) is 0 Å². The van der Waals surface area contributed by atoms with Crippen LogP contribution >= 0.6 is 0 Å². The summed E-state index contributed by atoms with van der Waals surface area (Å²) in [5.74, 6) is -3.90. The first-order chi connectivity index (χ1) is 32.6. The molecular weight excluding hydrogens is 1060 g/mol. The number of carboxylic acids is 2.